The minimum atomic E-state index is -0.657. The zero-order valence-corrected chi connectivity index (χ0v) is 21.2. The van der Waals surface area contributed by atoms with Crippen LogP contribution in [0.3, 0.4) is 0 Å². The molecule has 0 fully saturated rings. The van der Waals surface area contributed by atoms with Crippen LogP contribution in [0.25, 0.3) is 0 Å². The van der Waals surface area contributed by atoms with Gasteiger partial charge in [-0.1, -0.05) is 25.1 Å². The molecule has 0 heterocycles. The first-order valence-electron chi connectivity index (χ1n) is 11.5. The van der Waals surface area contributed by atoms with E-state index in [1.807, 2.05) is 31.2 Å². The number of esters is 1. The lowest BCUT2D eigenvalue weighted by Gasteiger charge is -2.31. The van der Waals surface area contributed by atoms with Crippen LogP contribution in [0, 0.1) is 6.92 Å². The lowest BCUT2D eigenvalue weighted by molar-refractivity contribution is -0.148. The van der Waals surface area contributed by atoms with Gasteiger partial charge in [-0.3, -0.25) is 4.79 Å². The molecular formula is C27H39NO5. The molecule has 0 radical (unpaired) electrons. The highest BCUT2D eigenvalue weighted by molar-refractivity contribution is 5.83. The molecular weight excluding hydrogens is 418 g/mol. The number of carbonyl (C=O) groups is 1. The Morgan fingerprint density at radius 3 is 2.15 bits per heavy atom. The van der Waals surface area contributed by atoms with Crippen LogP contribution in [0.2, 0.25) is 0 Å². The van der Waals surface area contributed by atoms with Crippen LogP contribution < -0.4 is 14.2 Å². The van der Waals surface area contributed by atoms with Gasteiger partial charge in [0.05, 0.1) is 33.9 Å². The highest BCUT2D eigenvalue weighted by Gasteiger charge is 2.39. The first kappa shape index (κ1) is 26.5. The number of methoxy groups -OCH3 is 4. The van der Waals surface area contributed by atoms with E-state index in [1.165, 1.54) is 12.7 Å². The molecule has 0 aliphatic heterocycles. The fourth-order valence-electron chi connectivity index (χ4n) is 4.38. The predicted octanol–water partition coefficient (Wildman–Crippen LogP) is 4.80. The van der Waals surface area contributed by atoms with Gasteiger partial charge in [0, 0.05) is 6.54 Å². The van der Waals surface area contributed by atoms with E-state index in [9.17, 15) is 4.79 Å². The molecule has 182 valence electrons. The molecule has 6 heteroatoms. The fraction of sp³-hybridized carbons (Fsp3) is 0.519. The maximum absolute atomic E-state index is 12.9. The second kappa shape index (κ2) is 12.5. The summed E-state index contributed by atoms with van der Waals surface area (Å²) in [6.07, 6.45) is 3.20. The number of hydrogen-bond acceptors (Lipinski definition) is 6. The van der Waals surface area contributed by atoms with E-state index in [-0.39, 0.29) is 5.97 Å². The van der Waals surface area contributed by atoms with Crippen molar-refractivity contribution in [2.24, 2.45) is 0 Å². The summed E-state index contributed by atoms with van der Waals surface area (Å²) < 4.78 is 21.4. The maximum atomic E-state index is 12.9. The zero-order chi connectivity index (χ0) is 24.4. The summed E-state index contributed by atoms with van der Waals surface area (Å²) in [5.41, 5.74) is 2.55. The van der Waals surface area contributed by atoms with Crippen LogP contribution in [0.15, 0.2) is 36.4 Å². The Morgan fingerprint density at radius 1 is 0.909 bits per heavy atom. The van der Waals surface area contributed by atoms with Gasteiger partial charge in [-0.25, -0.2) is 0 Å². The van der Waals surface area contributed by atoms with Crippen molar-refractivity contribution in [3.05, 3.63) is 53.1 Å². The van der Waals surface area contributed by atoms with Crippen LogP contribution >= 0.6 is 0 Å². The average molecular weight is 458 g/mol. The highest BCUT2D eigenvalue weighted by atomic mass is 16.5. The Balaban J connectivity index is 2.03. The Bertz CT molecular complexity index is 913. The summed E-state index contributed by atoms with van der Waals surface area (Å²) in [7, 11) is 8.54. The molecule has 2 rings (SSSR count). The van der Waals surface area contributed by atoms with Gasteiger partial charge in [-0.05, 0) is 81.1 Å². The number of ether oxygens (including phenoxy) is 4. The zero-order valence-electron chi connectivity index (χ0n) is 21.2. The molecule has 0 saturated heterocycles. The molecule has 2 aromatic rings. The SMILES string of the molecule is CCC(CCCN(C)CCc1ccc(OC)c(OC)c1)(C(=O)OC)c1ccc(OC)c(C)c1. The van der Waals surface area contributed by atoms with Gasteiger partial charge in [0.2, 0.25) is 0 Å². The lowest BCUT2D eigenvalue weighted by atomic mass is 9.74. The Labute approximate surface area is 198 Å². The molecule has 0 aliphatic carbocycles. The minimum Gasteiger partial charge on any atom is -0.496 e. The Hall–Kier alpha value is -2.73. The number of carbonyl (C=O) groups excluding carboxylic acids is 1. The molecule has 1 unspecified atom stereocenters. The van der Waals surface area contributed by atoms with Crippen LogP contribution in [-0.2, 0) is 21.4 Å². The van der Waals surface area contributed by atoms with Crippen molar-refractivity contribution in [2.45, 2.75) is 44.9 Å². The number of aryl methyl sites for hydroxylation is 1. The number of nitrogens with zero attached hydrogens (tertiary/aromatic N) is 1. The van der Waals surface area contributed by atoms with Gasteiger partial charge in [0.1, 0.15) is 5.75 Å². The summed E-state index contributed by atoms with van der Waals surface area (Å²) in [5.74, 6) is 2.13. The van der Waals surface area contributed by atoms with E-state index in [2.05, 4.69) is 31.0 Å². The normalized spacial score (nSPS) is 12.8. The number of likely N-dealkylation sites (N-methyl/N-ethyl adjacent to an activating group) is 1. The number of hydrogen-bond donors (Lipinski definition) is 0. The predicted molar refractivity (Wildman–Crippen MR) is 132 cm³/mol. The van der Waals surface area contributed by atoms with Crippen molar-refractivity contribution >= 4 is 5.97 Å². The van der Waals surface area contributed by atoms with E-state index >= 15 is 0 Å². The van der Waals surface area contributed by atoms with E-state index in [1.54, 1.807) is 21.3 Å². The number of benzene rings is 2. The summed E-state index contributed by atoms with van der Waals surface area (Å²) in [6.45, 7) is 5.86. The smallest absolute Gasteiger partial charge is 0.316 e. The minimum absolute atomic E-state index is 0.178. The second-order valence-corrected chi connectivity index (χ2v) is 8.46. The van der Waals surface area contributed by atoms with Crippen LogP contribution in [0.4, 0.5) is 0 Å². The van der Waals surface area contributed by atoms with E-state index in [0.717, 1.165) is 60.7 Å². The third-order valence-corrected chi connectivity index (χ3v) is 6.50. The quantitative estimate of drug-likeness (QED) is 0.403. The van der Waals surface area contributed by atoms with Crippen LogP contribution in [0.1, 0.15) is 42.9 Å². The molecule has 0 bridgehead atoms. The van der Waals surface area contributed by atoms with Crippen molar-refractivity contribution < 1.29 is 23.7 Å². The van der Waals surface area contributed by atoms with Gasteiger partial charge < -0.3 is 23.8 Å². The molecule has 0 aliphatic rings. The molecule has 0 saturated carbocycles. The lowest BCUT2D eigenvalue weighted by Crippen LogP contribution is -2.37. The summed E-state index contributed by atoms with van der Waals surface area (Å²) in [6, 6.07) is 12.0. The van der Waals surface area contributed by atoms with E-state index < -0.39 is 5.41 Å². The van der Waals surface area contributed by atoms with Gasteiger partial charge in [-0.2, -0.15) is 0 Å². The highest BCUT2D eigenvalue weighted by Crippen LogP contribution is 2.36. The summed E-state index contributed by atoms with van der Waals surface area (Å²) in [4.78, 5) is 15.2. The summed E-state index contributed by atoms with van der Waals surface area (Å²) >= 11 is 0. The first-order chi connectivity index (χ1) is 15.8. The molecule has 6 nitrogen and oxygen atoms in total. The van der Waals surface area contributed by atoms with Gasteiger partial charge in [0.25, 0.3) is 0 Å². The molecule has 0 N–H and O–H groups in total. The first-order valence-corrected chi connectivity index (χ1v) is 11.5. The third kappa shape index (κ3) is 6.41. The summed E-state index contributed by atoms with van der Waals surface area (Å²) in [5, 5.41) is 0. The van der Waals surface area contributed by atoms with Gasteiger partial charge >= 0.3 is 5.97 Å². The largest absolute Gasteiger partial charge is 0.496 e. The molecule has 0 aromatic heterocycles. The fourth-order valence-corrected chi connectivity index (χ4v) is 4.38. The topological polar surface area (TPSA) is 57.2 Å². The average Bonchev–Trinajstić information content (AvgIpc) is 2.84. The van der Waals surface area contributed by atoms with Gasteiger partial charge in [-0.15, -0.1) is 0 Å². The van der Waals surface area contributed by atoms with E-state index in [4.69, 9.17) is 18.9 Å². The van der Waals surface area contributed by atoms with Crippen LogP contribution in [0.5, 0.6) is 17.2 Å². The Morgan fingerprint density at radius 2 is 1.58 bits per heavy atom. The molecule has 2 aromatic carbocycles. The monoisotopic (exact) mass is 457 g/mol. The van der Waals surface area contributed by atoms with Crippen molar-refractivity contribution in [1.29, 1.82) is 0 Å². The van der Waals surface area contributed by atoms with Gasteiger partial charge in [0.15, 0.2) is 11.5 Å². The Kier molecular flexibility index (Phi) is 10.0. The molecule has 0 amide bonds. The maximum Gasteiger partial charge on any atom is 0.316 e. The number of rotatable bonds is 13. The van der Waals surface area contributed by atoms with E-state index in [0.29, 0.717) is 6.42 Å². The third-order valence-electron chi connectivity index (χ3n) is 6.50. The molecule has 0 spiro atoms. The van der Waals surface area contributed by atoms with Crippen LogP contribution in [-0.4, -0.2) is 59.4 Å². The van der Waals surface area contributed by atoms with Crippen molar-refractivity contribution in [2.75, 3.05) is 48.6 Å². The van der Waals surface area contributed by atoms with Crippen molar-refractivity contribution in [3.63, 3.8) is 0 Å². The standard InChI is InChI=1S/C27H39NO5/c1-8-27(26(29)33-7,22-11-13-23(30-4)20(2)18-22)15-9-16-28(3)17-14-21-10-12-24(31-5)25(19-21)32-6/h10-13,18-19H,8-9,14-17H2,1-7H3. The van der Waals surface area contributed by atoms with Crippen molar-refractivity contribution in [1.82, 2.24) is 4.90 Å². The molecule has 1 atom stereocenters. The second-order valence-electron chi connectivity index (χ2n) is 8.46. The molecule has 33 heavy (non-hydrogen) atoms. The van der Waals surface area contributed by atoms with Crippen molar-refractivity contribution in [3.8, 4) is 17.2 Å².